The minimum atomic E-state index is -0.808. The molecule has 1 saturated carbocycles. The summed E-state index contributed by atoms with van der Waals surface area (Å²) >= 11 is 0. The molecule has 0 aliphatic heterocycles. The van der Waals surface area contributed by atoms with Crippen LogP contribution in [0, 0.1) is 5.41 Å². The van der Waals surface area contributed by atoms with Crippen LogP contribution in [0.3, 0.4) is 0 Å². The molecule has 0 unspecified atom stereocenters. The second kappa shape index (κ2) is 8.79. The number of oxime groups is 1. The van der Waals surface area contributed by atoms with Gasteiger partial charge in [-0.1, -0.05) is 31.3 Å². The van der Waals surface area contributed by atoms with Crippen LogP contribution in [-0.2, 0) is 9.53 Å². The summed E-state index contributed by atoms with van der Waals surface area (Å²) < 4.78 is 5.44. The van der Waals surface area contributed by atoms with Crippen LogP contribution in [0.2, 0.25) is 0 Å². The summed E-state index contributed by atoms with van der Waals surface area (Å²) in [6.45, 7) is 4.11. The average Bonchev–Trinajstić information content (AvgIpc) is 2.96. The number of nitrogens with two attached hydrogens (primary N) is 1. The minimum absolute atomic E-state index is 0.0340. The molecule has 0 spiro atoms. The first-order chi connectivity index (χ1) is 9.67. The number of rotatable bonds is 9. The maximum Gasteiger partial charge on any atom is 0.233 e. The number of hydrogen-bond donors (Lipinski definition) is 3. The molecule has 0 radical (unpaired) electrons. The molecule has 20 heavy (non-hydrogen) atoms. The number of nitrogens with one attached hydrogen (secondary N) is 1. The fourth-order valence-electron chi connectivity index (χ4n) is 2.57. The molecule has 4 N–H and O–H groups in total. The summed E-state index contributed by atoms with van der Waals surface area (Å²) in [7, 11) is 0. The molecule has 1 aliphatic carbocycles. The van der Waals surface area contributed by atoms with Gasteiger partial charge in [0, 0.05) is 19.8 Å². The summed E-state index contributed by atoms with van der Waals surface area (Å²) in [6.07, 6.45) is 6.15. The van der Waals surface area contributed by atoms with Crippen molar-refractivity contribution >= 4 is 11.7 Å². The van der Waals surface area contributed by atoms with Gasteiger partial charge >= 0.3 is 0 Å². The van der Waals surface area contributed by atoms with E-state index in [1.807, 2.05) is 0 Å². The number of carbonyl (C=O) groups excluding carboxylic acids is 1. The average molecular weight is 285 g/mol. The summed E-state index contributed by atoms with van der Waals surface area (Å²) in [4.78, 5) is 12.3. The molecule has 0 aromatic carbocycles. The van der Waals surface area contributed by atoms with Gasteiger partial charge in [-0.05, 0) is 25.7 Å². The van der Waals surface area contributed by atoms with Crippen molar-refractivity contribution in [1.82, 2.24) is 5.32 Å². The Bertz CT molecular complexity index is 326. The van der Waals surface area contributed by atoms with Crippen LogP contribution in [0.1, 0.15) is 51.9 Å². The van der Waals surface area contributed by atoms with Crippen LogP contribution in [0.25, 0.3) is 0 Å². The van der Waals surface area contributed by atoms with E-state index in [0.29, 0.717) is 26.0 Å². The van der Waals surface area contributed by atoms with Crippen molar-refractivity contribution < 1.29 is 14.7 Å². The SMILES string of the molecule is CCCCOCCCNC(=O)C1(C(N)=NO)CCCC1. The third kappa shape index (κ3) is 4.37. The van der Waals surface area contributed by atoms with E-state index in [1.54, 1.807) is 0 Å². The van der Waals surface area contributed by atoms with E-state index in [-0.39, 0.29) is 11.7 Å². The summed E-state index contributed by atoms with van der Waals surface area (Å²) in [6, 6.07) is 0. The second-order valence-electron chi connectivity index (χ2n) is 5.35. The molecule has 116 valence electrons. The lowest BCUT2D eigenvalue weighted by atomic mass is 9.84. The Morgan fingerprint density at radius 1 is 1.35 bits per heavy atom. The van der Waals surface area contributed by atoms with Crippen molar-refractivity contribution in [3.63, 3.8) is 0 Å². The molecule has 0 aromatic heterocycles. The van der Waals surface area contributed by atoms with Crippen molar-refractivity contribution in [2.24, 2.45) is 16.3 Å². The fourth-order valence-corrected chi connectivity index (χ4v) is 2.57. The molecular weight excluding hydrogens is 258 g/mol. The Morgan fingerprint density at radius 2 is 2.00 bits per heavy atom. The monoisotopic (exact) mass is 285 g/mol. The quantitative estimate of drug-likeness (QED) is 0.197. The molecule has 0 aromatic rings. The molecular formula is C14H27N3O3. The number of unbranched alkanes of at least 4 members (excludes halogenated alkanes) is 1. The molecule has 0 saturated heterocycles. The number of hydrogen-bond acceptors (Lipinski definition) is 4. The van der Waals surface area contributed by atoms with Crippen molar-refractivity contribution in [2.45, 2.75) is 51.9 Å². The van der Waals surface area contributed by atoms with Crippen molar-refractivity contribution in [3.05, 3.63) is 0 Å². The molecule has 1 amide bonds. The fraction of sp³-hybridized carbons (Fsp3) is 0.857. The van der Waals surface area contributed by atoms with E-state index < -0.39 is 5.41 Å². The van der Waals surface area contributed by atoms with E-state index in [1.165, 1.54) is 0 Å². The molecule has 1 rings (SSSR count). The van der Waals surface area contributed by atoms with Gasteiger partial charge in [0.2, 0.25) is 5.91 Å². The smallest absolute Gasteiger partial charge is 0.233 e. The van der Waals surface area contributed by atoms with Crippen LogP contribution >= 0.6 is 0 Å². The summed E-state index contributed by atoms with van der Waals surface area (Å²) in [5, 5.41) is 14.8. The largest absolute Gasteiger partial charge is 0.409 e. The second-order valence-corrected chi connectivity index (χ2v) is 5.35. The third-order valence-electron chi connectivity index (χ3n) is 3.88. The van der Waals surface area contributed by atoms with Gasteiger partial charge in [0.05, 0.1) is 0 Å². The van der Waals surface area contributed by atoms with Crippen molar-refractivity contribution in [1.29, 1.82) is 0 Å². The topological polar surface area (TPSA) is 96.9 Å². The standard InChI is InChI=1S/C14H27N3O3/c1-2-3-10-20-11-6-9-16-13(18)14(12(15)17-19)7-4-5-8-14/h19H,2-11H2,1H3,(H2,15,17)(H,16,18). The minimum Gasteiger partial charge on any atom is -0.409 e. The Labute approximate surface area is 120 Å². The van der Waals surface area contributed by atoms with Gasteiger partial charge in [0.25, 0.3) is 0 Å². The van der Waals surface area contributed by atoms with Crippen molar-refractivity contribution in [2.75, 3.05) is 19.8 Å². The molecule has 0 heterocycles. The van der Waals surface area contributed by atoms with Gasteiger partial charge in [-0.25, -0.2) is 0 Å². The van der Waals surface area contributed by atoms with Gasteiger partial charge in [0.1, 0.15) is 5.41 Å². The lowest BCUT2D eigenvalue weighted by molar-refractivity contribution is -0.127. The number of nitrogens with zero attached hydrogens (tertiary/aromatic N) is 1. The number of carbonyl (C=O) groups is 1. The third-order valence-corrected chi connectivity index (χ3v) is 3.88. The first kappa shape index (κ1) is 16.8. The van der Waals surface area contributed by atoms with Crippen molar-refractivity contribution in [3.8, 4) is 0 Å². The zero-order chi connectivity index (χ0) is 14.8. The molecule has 6 heteroatoms. The van der Waals surface area contributed by atoms with Gasteiger partial charge in [0.15, 0.2) is 5.84 Å². The zero-order valence-electron chi connectivity index (χ0n) is 12.4. The van der Waals surface area contributed by atoms with Crippen LogP contribution in [0.15, 0.2) is 5.16 Å². The van der Waals surface area contributed by atoms with Gasteiger partial charge < -0.3 is 21.0 Å². The van der Waals surface area contributed by atoms with E-state index in [4.69, 9.17) is 15.7 Å². The Morgan fingerprint density at radius 3 is 2.60 bits per heavy atom. The first-order valence-corrected chi connectivity index (χ1v) is 7.51. The van der Waals surface area contributed by atoms with Crippen LogP contribution in [-0.4, -0.2) is 36.7 Å². The Balaban J connectivity index is 2.30. The summed E-state index contributed by atoms with van der Waals surface area (Å²) in [5.74, 6) is -0.0921. The number of amidine groups is 1. The van der Waals surface area contributed by atoms with Crippen LogP contribution in [0.4, 0.5) is 0 Å². The summed E-state index contributed by atoms with van der Waals surface area (Å²) in [5.41, 5.74) is 4.91. The maximum atomic E-state index is 12.3. The lowest BCUT2D eigenvalue weighted by Gasteiger charge is -2.25. The highest BCUT2D eigenvalue weighted by Gasteiger charge is 2.45. The van der Waals surface area contributed by atoms with Crippen LogP contribution in [0.5, 0.6) is 0 Å². The Hall–Kier alpha value is -1.30. The highest BCUT2D eigenvalue weighted by molar-refractivity contribution is 6.07. The van der Waals surface area contributed by atoms with E-state index >= 15 is 0 Å². The molecule has 0 atom stereocenters. The maximum absolute atomic E-state index is 12.3. The molecule has 1 fully saturated rings. The number of ether oxygens (including phenoxy) is 1. The highest BCUT2D eigenvalue weighted by atomic mass is 16.5. The zero-order valence-corrected chi connectivity index (χ0v) is 12.4. The predicted molar refractivity (Wildman–Crippen MR) is 77.7 cm³/mol. The highest BCUT2D eigenvalue weighted by Crippen LogP contribution is 2.38. The van der Waals surface area contributed by atoms with Gasteiger partial charge in [-0.15, -0.1) is 0 Å². The van der Waals surface area contributed by atoms with E-state index in [2.05, 4.69) is 17.4 Å². The lowest BCUT2D eigenvalue weighted by Crippen LogP contribution is -2.48. The van der Waals surface area contributed by atoms with E-state index in [0.717, 1.165) is 38.7 Å². The van der Waals surface area contributed by atoms with E-state index in [9.17, 15) is 4.79 Å². The normalized spacial score (nSPS) is 18.1. The predicted octanol–water partition coefficient (Wildman–Crippen LogP) is 1.62. The molecule has 1 aliphatic rings. The van der Waals surface area contributed by atoms with Gasteiger partial charge in [-0.3, -0.25) is 4.79 Å². The molecule has 6 nitrogen and oxygen atoms in total. The molecule has 0 bridgehead atoms. The van der Waals surface area contributed by atoms with Gasteiger partial charge in [-0.2, -0.15) is 0 Å². The first-order valence-electron chi connectivity index (χ1n) is 7.51. The Kier molecular flexibility index (Phi) is 7.36. The number of amides is 1. The van der Waals surface area contributed by atoms with Crippen LogP contribution < -0.4 is 11.1 Å².